The lowest BCUT2D eigenvalue weighted by atomic mass is 10.1. The van der Waals surface area contributed by atoms with Gasteiger partial charge < -0.3 is 20.4 Å². The van der Waals surface area contributed by atoms with Gasteiger partial charge in [0.2, 0.25) is 0 Å². The summed E-state index contributed by atoms with van der Waals surface area (Å²) in [5.74, 6) is 0.442. The number of hydrogen-bond acceptors (Lipinski definition) is 8. The van der Waals surface area contributed by atoms with E-state index in [-0.39, 0.29) is 6.04 Å². The van der Waals surface area contributed by atoms with Crippen LogP contribution in [0.1, 0.15) is 23.6 Å². The maximum atomic E-state index is 6.28. The minimum Gasteiger partial charge on any atom is -0.423 e. The average Bonchev–Trinajstić information content (AvgIpc) is 3.51. The third kappa shape index (κ3) is 3.45. The molecule has 9 nitrogen and oxygen atoms in total. The highest BCUT2D eigenvalue weighted by Gasteiger charge is 2.26. The normalized spacial score (nSPS) is 16.6. The largest absolute Gasteiger partial charge is 0.423 e. The van der Waals surface area contributed by atoms with Crippen molar-refractivity contribution in [3.8, 4) is 11.3 Å². The van der Waals surface area contributed by atoms with Gasteiger partial charge in [-0.15, -0.1) is 0 Å². The number of likely N-dealkylation sites (tertiary alicyclic amines) is 1. The van der Waals surface area contributed by atoms with Crippen molar-refractivity contribution in [3.05, 3.63) is 53.9 Å². The minimum atomic E-state index is 0.266. The number of fused-ring (bicyclic) bond motifs is 2. The van der Waals surface area contributed by atoms with E-state index in [1.54, 1.807) is 0 Å². The van der Waals surface area contributed by atoms with Gasteiger partial charge in [-0.2, -0.15) is 10.1 Å². The molecular weight excluding hydrogens is 428 g/mol. The Morgan fingerprint density at radius 2 is 1.94 bits per heavy atom. The quantitative estimate of drug-likeness (QED) is 0.410. The highest BCUT2D eigenvalue weighted by atomic mass is 16.4. The fourth-order valence-corrected chi connectivity index (χ4v) is 4.83. The predicted octanol–water partition coefficient (Wildman–Crippen LogP) is 4.45. The summed E-state index contributed by atoms with van der Waals surface area (Å²) in [4.78, 5) is 15.6. The Labute approximate surface area is 196 Å². The zero-order valence-electron chi connectivity index (χ0n) is 19.4. The second-order valence-corrected chi connectivity index (χ2v) is 9.11. The van der Waals surface area contributed by atoms with Crippen molar-refractivity contribution in [2.24, 2.45) is 0 Å². The molecule has 6 rings (SSSR count). The van der Waals surface area contributed by atoms with Crippen LogP contribution in [0.2, 0.25) is 0 Å². The molecule has 3 aromatic heterocycles. The van der Waals surface area contributed by atoms with Crippen molar-refractivity contribution in [1.29, 1.82) is 0 Å². The monoisotopic (exact) mass is 454 g/mol. The van der Waals surface area contributed by atoms with E-state index in [4.69, 9.17) is 15.2 Å². The van der Waals surface area contributed by atoms with Gasteiger partial charge in [0.15, 0.2) is 11.2 Å². The summed E-state index contributed by atoms with van der Waals surface area (Å²) in [6.07, 6.45) is 2.54. The summed E-state index contributed by atoms with van der Waals surface area (Å²) in [6.45, 7) is 6.06. The smallest absolute Gasteiger partial charge is 0.300 e. The van der Waals surface area contributed by atoms with Crippen molar-refractivity contribution in [3.63, 3.8) is 0 Å². The standard InChI is InChI=1S/C25H26N8O/c1-14-10-15(2)22-19(11-14)30-25(34-22)29-17-6-4-16(5-7-17)21-20-23(26)27-13-28-24(20)33(31-21)18-8-9-32(3)12-18/h4-7,10-11,13,18H,8-9,12H2,1-3H3,(H,29,30)(H2,26,27,28)/t18-/m1/s1. The molecule has 0 unspecified atom stereocenters. The Balaban J connectivity index is 1.34. The summed E-state index contributed by atoms with van der Waals surface area (Å²) in [7, 11) is 2.13. The zero-order chi connectivity index (χ0) is 23.4. The summed E-state index contributed by atoms with van der Waals surface area (Å²) in [5.41, 5.74) is 13.6. The number of hydrogen-bond donors (Lipinski definition) is 2. The van der Waals surface area contributed by atoms with E-state index >= 15 is 0 Å². The number of nitrogens with two attached hydrogens (primary N) is 1. The van der Waals surface area contributed by atoms with Gasteiger partial charge in [-0.3, -0.25) is 0 Å². The van der Waals surface area contributed by atoms with E-state index in [2.05, 4.69) is 45.2 Å². The van der Waals surface area contributed by atoms with Gasteiger partial charge in [-0.25, -0.2) is 14.6 Å². The van der Waals surface area contributed by atoms with Gasteiger partial charge in [-0.1, -0.05) is 18.2 Å². The third-order valence-corrected chi connectivity index (χ3v) is 6.46. The minimum absolute atomic E-state index is 0.266. The molecule has 0 amide bonds. The van der Waals surface area contributed by atoms with Crippen LogP contribution < -0.4 is 11.1 Å². The van der Waals surface area contributed by atoms with Crippen LogP contribution >= 0.6 is 0 Å². The molecule has 34 heavy (non-hydrogen) atoms. The van der Waals surface area contributed by atoms with Gasteiger partial charge in [0, 0.05) is 24.3 Å². The highest BCUT2D eigenvalue weighted by Crippen LogP contribution is 2.34. The topological polar surface area (TPSA) is 111 Å². The van der Waals surface area contributed by atoms with E-state index in [0.717, 1.165) is 69.7 Å². The number of aryl methyl sites for hydroxylation is 2. The van der Waals surface area contributed by atoms with E-state index in [1.165, 1.54) is 6.33 Å². The lowest BCUT2D eigenvalue weighted by Gasteiger charge is -2.11. The first-order chi connectivity index (χ1) is 16.5. The molecule has 0 bridgehead atoms. The molecule has 9 heteroatoms. The van der Waals surface area contributed by atoms with Crippen LogP contribution in [-0.2, 0) is 0 Å². The molecule has 0 radical (unpaired) electrons. The van der Waals surface area contributed by atoms with Crippen LogP contribution in [0.25, 0.3) is 33.4 Å². The van der Waals surface area contributed by atoms with Crippen LogP contribution in [-0.4, -0.2) is 49.8 Å². The summed E-state index contributed by atoms with van der Waals surface area (Å²) in [5, 5.41) is 9.01. The Morgan fingerprint density at radius 3 is 2.71 bits per heavy atom. The lowest BCUT2D eigenvalue weighted by Crippen LogP contribution is -2.17. The van der Waals surface area contributed by atoms with Crippen molar-refractivity contribution >= 4 is 39.7 Å². The molecule has 2 aromatic carbocycles. The fraction of sp³-hybridized carbons (Fsp3) is 0.280. The lowest BCUT2D eigenvalue weighted by molar-refractivity contribution is 0.385. The van der Waals surface area contributed by atoms with E-state index in [0.29, 0.717) is 11.8 Å². The molecule has 1 aliphatic heterocycles. The Morgan fingerprint density at radius 1 is 1.12 bits per heavy atom. The van der Waals surface area contributed by atoms with Crippen molar-refractivity contribution in [2.45, 2.75) is 26.3 Å². The molecule has 0 saturated carbocycles. The first kappa shape index (κ1) is 20.6. The number of oxazole rings is 1. The SMILES string of the molecule is Cc1cc(C)c2oc(Nc3ccc(-c4nn([C@@H]5CCN(C)C5)c5ncnc(N)c45)cc3)nc2c1. The first-order valence-electron chi connectivity index (χ1n) is 11.4. The number of likely N-dealkylation sites (N-methyl/N-ethyl adjacent to an activating group) is 1. The van der Waals surface area contributed by atoms with Gasteiger partial charge in [-0.05, 0) is 56.6 Å². The Bertz CT molecular complexity index is 1520. The highest BCUT2D eigenvalue weighted by molar-refractivity contribution is 5.98. The predicted molar refractivity (Wildman–Crippen MR) is 133 cm³/mol. The Hall–Kier alpha value is -3.98. The number of benzene rings is 2. The zero-order valence-corrected chi connectivity index (χ0v) is 19.4. The molecule has 1 atom stereocenters. The second-order valence-electron chi connectivity index (χ2n) is 9.11. The van der Waals surface area contributed by atoms with Gasteiger partial charge in [0.25, 0.3) is 6.01 Å². The number of nitrogens with one attached hydrogen (secondary N) is 1. The molecule has 172 valence electrons. The van der Waals surface area contributed by atoms with Crippen LogP contribution in [0.4, 0.5) is 17.5 Å². The van der Waals surface area contributed by atoms with Crippen LogP contribution in [0.15, 0.2) is 47.1 Å². The van der Waals surface area contributed by atoms with Gasteiger partial charge in [0.1, 0.15) is 23.4 Å². The summed E-state index contributed by atoms with van der Waals surface area (Å²) in [6, 6.07) is 12.8. The van der Waals surface area contributed by atoms with Crippen LogP contribution in [0, 0.1) is 13.8 Å². The maximum Gasteiger partial charge on any atom is 0.300 e. The number of anilines is 3. The number of aromatic nitrogens is 5. The van der Waals surface area contributed by atoms with Crippen molar-refractivity contribution < 1.29 is 4.42 Å². The molecule has 1 fully saturated rings. The average molecular weight is 455 g/mol. The van der Waals surface area contributed by atoms with Crippen LogP contribution in [0.3, 0.4) is 0 Å². The van der Waals surface area contributed by atoms with Crippen LogP contribution in [0.5, 0.6) is 0 Å². The number of nitrogens with zero attached hydrogens (tertiary/aromatic N) is 6. The first-order valence-corrected chi connectivity index (χ1v) is 11.4. The van der Waals surface area contributed by atoms with Crippen molar-refractivity contribution in [2.75, 3.05) is 31.2 Å². The maximum absolute atomic E-state index is 6.28. The molecule has 1 aliphatic rings. The molecule has 4 heterocycles. The summed E-state index contributed by atoms with van der Waals surface area (Å²) < 4.78 is 7.95. The number of rotatable bonds is 4. The van der Waals surface area contributed by atoms with E-state index < -0.39 is 0 Å². The molecule has 5 aromatic rings. The summed E-state index contributed by atoms with van der Waals surface area (Å²) >= 11 is 0. The number of nitrogen functional groups attached to an aromatic ring is 1. The molecular formula is C25H26N8O. The molecule has 3 N–H and O–H groups in total. The van der Waals surface area contributed by atoms with E-state index in [1.807, 2.05) is 41.9 Å². The Kier molecular flexibility index (Phi) is 4.73. The van der Waals surface area contributed by atoms with Gasteiger partial charge >= 0.3 is 0 Å². The third-order valence-electron chi connectivity index (χ3n) is 6.46. The van der Waals surface area contributed by atoms with Gasteiger partial charge in [0.05, 0.1) is 11.4 Å². The molecule has 1 saturated heterocycles. The second kappa shape index (κ2) is 7.81. The fourth-order valence-electron chi connectivity index (χ4n) is 4.83. The van der Waals surface area contributed by atoms with Crippen molar-refractivity contribution in [1.82, 2.24) is 29.6 Å². The molecule has 0 spiro atoms. The van der Waals surface area contributed by atoms with E-state index in [9.17, 15) is 0 Å². The molecule has 0 aliphatic carbocycles.